The van der Waals surface area contributed by atoms with Gasteiger partial charge in [-0.05, 0) is 225 Å². The fourth-order valence-corrected chi connectivity index (χ4v) is 13.8. The van der Waals surface area contributed by atoms with Crippen LogP contribution in [-0.4, -0.2) is 53.1 Å². The standard InChI is InChI=1S/C90H94N8O2/c1-87(2,3)61-45-59(46-62(51-61)88(4,5)6)85-79-39-31-69(95-79)53-65-27-35-75(91-65)83(76-36-28-66(92-76)54-70-32-40-80(85)96-70)57-23-21-25-73(49-57)99-43-19-17-15-13-14-16-18-20-44-100-74-26-22-24-58(50-74)84-77-37-29-67(93-77)55-71-33-41-81(97-71)86(82-42-34-72(98-82)56-68-30-38-78(84)94-68)60-47-63(89(7,8)9)52-64(48-60)90(10,11)12/h21-42,45-56,91,93,96,98H,13-20,43-44H2,1-12H3. The highest BCUT2D eigenvalue weighted by Crippen LogP contribution is 2.41. The van der Waals surface area contributed by atoms with Crippen molar-refractivity contribution in [2.45, 2.75) is 156 Å². The number of unbranched alkanes of at least 4 members (excludes halogenated alkanes) is 7. The fraction of sp³-hybridized carbons (Fsp3) is 0.289. The minimum Gasteiger partial charge on any atom is -0.494 e. The number of aromatic nitrogens is 8. The molecule has 10 aromatic rings. The lowest BCUT2D eigenvalue weighted by molar-refractivity contribution is 0.301. The van der Waals surface area contributed by atoms with Gasteiger partial charge in [0.2, 0.25) is 0 Å². The van der Waals surface area contributed by atoms with Crippen LogP contribution in [0.15, 0.2) is 158 Å². The number of ether oxygens (including phenoxy) is 2. The van der Waals surface area contributed by atoms with Gasteiger partial charge < -0.3 is 29.4 Å². The van der Waals surface area contributed by atoms with E-state index in [1.165, 1.54) is 47.9 Å². The quantitative estimate of drug-likeness (QED) is 0.0671. The Bertz CT molecular complexity index is 4870. The summed E-state index contributed by atoms with van der Waals surface area (Å²) in [7, 11) is 0. The summed E-state index contributed by atoms with van der Waals surface area (Å²) < 4.78 is 12.9. The maximum absolute atomic E-state index is 6.47. The van der Waals surface area contributed by atoms with Gasteiger partial charge >= 0.3 is 0 Å². The smallest absolute Gasteiger partial charge is 0.119 e. The molecule has 0 amide bonds. The molecular formula is C90H94N8O2. The first-order valence-electron chi connectivity index (χ1n) is 36.0. The van der Waals surface area contributed by atoms with Gasteiger partial charge in [0.05, 0.1) is 58.8 Å². The molecule has 506 valence electrons. The summed E-state index contributed by atoms with van der Waals surface area (Å²) in [6.07, 6.45) is 26.1. The van der Waals surface area contributed by atoms with E-state index < -0.39 is 0 Å². The molecule has 4 N–H and O–H groups in total. The first-order chi connectivity index (χ1) is 48.0. The Labute approximate surface area is 589 Å². The molecule has 0 saturated carbocycles. The molecule has 6 aromatic heterocycles. The summed E-state index contributed by atoms with van der Waals surface area (Å²) in [6, 6.07) is 56.8. The van der Waals surface area contributed by atoms with E-state index >= 15 is 0 Å². The minimum atomic E-state index is -0.0324. The molecule has 10 heteroatoms. The van der Waals surface area contributed by atoms with E-state index in [0.717, 1.165) is 171 Å². The predicted molar refractivity (Wildman–Crippen MR) is 422 cm³/mol. The van der Waals surface area contributed by atoms with Gasteiger partial charge in [0, 0.05) is 66.4 Å². The van der Waals surface area contributed by atoms with Crippen LogP contribution < -0.4 is 9.47 Å². The predicted octanol–water partition coefficient (Wildman–Crippen LogP) is 24.1. The summed E-state index contributed by atoms with van der Waals surface area (Å²) >= 11 is 0. The largest absolute Gasteiger partial charge is 0.494 e. The molecule has 10 nitrogen and oxygen atoms in total. The van der Waals surface area contributed by atoms with Crippen LogP contribution in [0.3, 0.4) is 0 Å². The maximum atomic E-state index is 6.47. The van der Waals surface area contributed by atoms with E-state index in [1.54, 1.807) is 0 Å². The van der Waals surface area contributed by atoms with Crippen molar-refractivity contribution in [1.82, 2.24) is 39.9 Å². The van der Waals surface area contributed by atoms with Crippen molar-refractivity contribution in [1.29, 1.82) is 0 Å². The van der Waals surface area contributed by atoms with Gasteiger partial charge in [-0.1, -0.05) is 182 Å². The van der Waals surface area contributed by atoms with Crippen LogP contribution in [0.2, 0.25) is 0 Å². The molecule has 0 aliphatic carbocycles. The molecule has 0 atom stereocenters. The van der Waals surface area contributed by atoms with Gasteiger partial charge in [0.15, 0.2) is 0 Å². The molecule has 10 heterocycles. The van der Waals surface area contributed by atoms with Gasteiger partial charge in [0.25, 0.3) is 0 Å². The van der Waals surface area contributed by atoms with Crippen molar-refractivity contribution in [2.75, 3.05) is 13.2 Å². The molecule has 100 heavy (non-hydrogen) atoms. The Morgan fingerprint density at radius 3 is 0.820 bits per heavy atom. The zero-order valence-corrected chi connectivity index (χ0v) is 60.3. The zero-order valence-electron chi connectivity index (χ0n) is 60.3. The molecule has 0 fully saturated rings. The second-order valence-corrected chi connectivity index (χ2v) is 31.6. The van der Waals surface area contributed by atoms with Gasteiger partial charge in [-0.15, -0.1) is 0 Å². The second kappa shape index (κ2) is 27.4. The Morgan fingerprint density at radius 2 is 0.540 bits per heavy atom. The lowest BCUT2D eigenvalue weighted by atomic mass is 9.78. The normalized spacial score (nSPS) is 13.0. The Morgan fingerprint density at radius 1 is 0.270 bits per heavy atom. The van der Waals surface area contributed by atoms with E-state index in [0.29, 0.717) is 13.2 Å². The average Bonchev–Trinajstić information content (AvgIpc) is 1.53. The number of nitrogens with zero attached hydrogens (tertiary/aromatic N) is 4. The zero-order chi connectivity index (χ0) is 69.5. The van der Waals surface area contributed by atoms with Crippen LogP contribution in [0.25, 0.3) is 137 Å². The maximum Gasteiger partial charge on any atom is 0.119 e. The number of aromatic amines is 4. The van der Waals surface area contributed by atoms with Crippen molar-refractivity contribution in [3.8, 4) is 56.0 Å². The van der Waals surface area contributed by atoms with Gasteiger partial charge in [0.1, 0.15) is 11.5 Å². The number of hydrogen-bond acceptors (Lipinski definition) is 6. The van der Waals surface area contributed by atoms with Crippen molar-refractivity contribution in [3.05, 3.63) is 226 Å². The molecular weight excluding hydrogens is 1230 g/mol. The first kappa shape index (κ1) is 66.9. The summed E-state index contributed by atoms with van der Waals surface area (Å²) in [5.74, 6) is 1.71. The SMILES string of the molecule is CC(C)(C)c1cc(-c2c3nc(cc4ccc([nH]4)c(-c4cccc(OCCCCCCCCCCOc5cccc(-c6c7nc(cc8ccc([nH]8)c(-c8cc(C(C)(C)C)cc(C(C)(C)C)c8)c8nc(cc9ccc6[nH]9)C=C8)C=C7)c5)c4)c4nc(cc5ccc2[nH]5)C=C4)C=C3)cc(C(C)(C)C)c1. The third-order valence-corrected chi connectivity index (χ3v) is 19.5. The van der Waals surface area contributed by atoms with Crippen LogP contribution in [0.1, 0.15) is 202 Å². The number of fused-ring (bicyclic) bond motifs is 16. The van der Waals surface area contributed by atoms with Crippen LogP contribution in [-0.2, 0) is 21.7 Å². The highest BCUT2D eigenvalue weighted by atomic mass is 16.5. The fourth-order valence-electron chi connectivity index (χ4n) is 13.8. The average molecular weight is 1320 g/mol. The Hall–Kier alpha value is -10.3. The van der Waals surface area contributed by atoms with E-state index in [9.17, 15) is 0 Å². The number of nitrogens with one attached hydrogen (secondary N) is 4. The molecule has 0 saturated heterocycles. The van der Waals surface area contributed by atoms with Gasteiger partial charge in [-0.3, -0.25) is 0 Å². The van der Waals surface area contributed by atoms with Gasteiger partial charge in [-0.25, -0.2) is 19.9 Å². The number of benzene rings is 4. The van der Waals surface area contributed by atoms with Crippen molar-refractivity contribution in [3.63, 3.8) is 0 Å². The van der Waals surface area contributed by atoms with E-state index in [-0.39, 0.29) is 21.7 Å². The number of H-pyrrole nitrogens is 4. The second-order valence-electron chi connectivity index (χ2n) is 31.6. The molecule has 16 bridgehead atoms. The third-order valence-electron chi connectivity index (χ3n) is 19.5. The first-order valence-corrected chi connectivity index (χ1v) is 36.0. The summed E-state index contributed by atoms with van der Waals surface area (Å²) in [4.78, 5) is 36.1. The van der Waals surface area contributed by atoms with Crippen molar-refractivity contribution >= 4 is 92.7 Å². The lowest BCUT2D eigenvalue weighted by Crippen LogP contribution is -2.16. The topological polar surface area (TPSA) is 133 Å². The van der Waals surface area contributed by atoms with E-state index in [2.05, 4.69) is 309 Å². The Kier molecular flexibility index (Phi) is 18.3. The van der Waals surface area contributed by atoms with Crippen LogP contribution >= 0.6 is 0 Å². The molecule has 4 aromatic carbocycles. The van der Waals surface area contributed by atoms with E-state index in [1.807, 2.05) is 0 Å². The van der Waals surface area contributed by atoms with Crippen LogP contribution in [0, 0.1) is 0 Å². The van der Waals surface area contributed by atoms with Crippen LogP contribution in [0.5, 0.6) is 11.5 Å². The lowest BCUT2D eigenvalue weighted by Gasteiger charge is -2.26. The van der Waals surface area contributed by atoms with Gasteiger partial charge in [-0.2, -0.15) is 0 Å². The highest BCUT2D eigenvalue weighted by molar-refractivity contribution is 5.96. The molecule has 0 radical (unpaired) electrons. The highest BCUT2D eigenvalue weighted by Gasteiger charge is 2.26. The third kappa shape index (κ3) is 15.1. The number of rotatable bonds is 17. The molecule has 4 aliphatic rings. The van der Waals surface area contributed by atoms with Crippen LogP contribution in [0.4, 0.5) is 0 Å². The van der Waals surface area contributed by atoms with Crippen molar-refractivity contribution in [2.24, 2.45) is 0 Å². The van der Waals surface area contributed by atoms with Crippen molar-refractivity contribution < 1.29 is 9.47 Å². The monoisotopic (exact) mass is 1320 g/mol. The van der Waals surface area contributed by atoms with E-state index in [4.69, 9.17) is 29.4 Å². The molecule has 0 unspecified atom stereocenters. The molecule has 0 spiro atoms. The number of hydrogen-bond donors (Lipinski definition) is 4. The summed E-state index contributed by atoms with van der Waals surface area (Å²) in [6.45, 7) is 28.8. The molecule has 4 aliphatic heterocycles. The summed E-state index contributed by atoms with van der Waals surface area (Å²) in [5, 5.41) is 0. The summed E-state index contributed by atoms with van der Waals surface area (Å²) in [5.41, 5.74) is 28.7. The molecule has 14 rings (SSSR count). The minimum absolute atomic E-state index is 0.0324. The Balaban J connectivity index is 0.599.